The van der Waals surface area contributed by atoms with Crippen LogP contribution in [-0.4, -0.2) is 29.4 Å². The van der Waals surface area contributed by atoms with Crippen molar-refractivity contribution in [3.63, 3.8) is 0 Å². The van der Waals surface area contributed by atoms with Gasteiger partial charge in [-0.1, -0.05) is 41.5 Å². The molecule has 0 amide bonds. The molecule has 0 bridgehead atoms. The third kappa shape index (κ3) is 2.58. The summed E-state index contributed by atoms with van der Waals surface area (Å²) in [6, 6.07) is 0.510. The molecule has 0 aliphatic carbocycles. The molecule has 2 aliphatic heterocycles. The van der Waals surface area contributed by atoms with Crippen molar-refractivity contribution in [1.29, 1.82) is 0 Å². The second-order valence-corrected chi connectivity index (χ2v) is 8.06. The van der Waals surface area contributed by atoms with Crippen LogP contribution in [0.1, 0.15) is 54.9 Å². The van der Waals surface area contributed by atoms with E-state index in [2.05, 4.69) is 53.4 Å². The molecule has 0 aromatic carbocycles. The first-order valence-electron chi connectivity index (χ1n) is 7.36. The minimum Gasteiger partial charge on any atom is -0.332 e. The number of rotatable bonds is 0. The number of nitrogens with zero attached hydrogens (tertiary/aromatic N) is 2. The zero-order valence-electron chi connectivity index (χ0n) is 13.5. The molecule has 2 aliphatic rings. The van der Waals surface area contributed by atoms with E-state index in [9.17, 15) is 0 Å². The molecular weight excluding hydrogens is 234 g/mol. The molecule has 2 N–H and O–H groups in total. The molecule has 0 spiro atoms. The number of amidine groups is 1. The highest BCUT2D eigenvalue weighted by Gasteiger charge is 2.41. The van der Waals surface area contributed by atoms with Crippen molar-refractivity contribution in [3.8, 4) is 0 Å². The van der Waals surface area contributed by atoms with Crippen molar-refractivity contribution in [2.24, 2.45) is 21.6 Å². The molecule has 1 saturated heterocycles. The fourth-order valence-corrected chi connectivity index (χ4v) is 3.45. The lowest BCUT2D eigenvalue weighted by Gasteiger charge is -2.41. The van der Waals surface area contributed by atoms with Gasteiger partial charge in [-0.25, -0.2) is 0 Å². The SMILES string of the molecule is C[C@@H]1N=C(C(C)(C)C)N2C[C@H](N)CC2=C1C(C)(C)C. The highest BCUT2D eigenvalue weighted by atomic mass is 15.3. The van der Waals surface area contributed by atoms with Gasteiger partial charge >= 0.3 is 0 Å². The van der Waals surface area contributed by atoms with E-state index in [1.165, 1.54) is 17.1 Å². The van der Waals surface area contributed by atoms with Crippen molar-refractivity contribution >= 4 is 5.84 Å². The third-order valence-corrected chi connectivity index (χ3v) is 3.98. The molecule has 0 unspecified atom stereocenters. The fourth-order valence-electron chi connectivity index (χ4n) is 3.45. The Morgan fingerprint density at radius 2 is 1.68 bits per heavy atom. The average molecular weight is 263 g/mol. The van der Waals surface area contributed by atoms with Crippen LogP contribution in [0.25, 0.3) is 0 Å². The second kappa shape index (κ2) is 4.34. The van der Waals surface area contributed by atoms with Crippen LogP contribution in [0.2, 0.25) is 0 Å². The first-order chi connectivity index (χ1) is 8.51. The van der Waals surface area contributed by atoms with E-state index in [0.717, 1.165) is 13.0 Å². The zero-order chi connectivity index (χ0) is 14.6. The van der Waals surface area contributed by atoms with E-state index in [1.54, 1.807) is 0 Å². The Hall–Kier alpha value is -0.830. The number of fused-ring (bicyclic) bond motifs is 1. The van der Waals surface area contributed by atoms with Gasteiger partial charge in [0.2, 0.25) is 0 Å². The summed E-state index contributed by atoms with van der Waals surface area (Å²) < 4.78 is 0. The van der Waals surface area contributed by atoms with E-state index in [4.69, 9.17) is 10.7 Å². The maximum atomic E-state index is 6.22. The van der Waals surface area contributed by atoms with Gasteiger partial charge in [-0.2, -0.15) is 0 Å². The molecule has 0 saturated carbocycles. The Kier molecular flexibility index (Phi) is 3.33. The molecule has 1 fully saturated rings. The summed E-state index contributed by atoms with van der Waals surface area (Å²) in [5.41, 5.74) is 9.36. The van der Waals surface area contributed by atoms with E-state index in [-0.39, 0.29) is 22.9 Å². The maximum Gasteiger partial charge on any atom is 0.109 e. The van der Waals surface area contributed by atoms with Crippen LogP contribution in [0.5, 0.6) is 0 Å². The maximum absolute atomic E-state index is 6.22. The van der Waals surface area contributed by atoms with Gasteiger partial charge in [0.25, 0.3) is 0 Å². The molecule has 2 rings (SSSR count). The topological polar surface area (TPSA) is 41.6 Å². The standard InChI is InChI=1S/C16H29N3/c1-10-13(15(2,3)4)12-8-11(17)9-19(12)14(18-10)16(5,6)7/h10-11H,8-9,17H2,1-7H3/t10-,11+/m0/s1. The average Bonchev–Trinajstić information content (AvgIpc) is 2.53. The molecule has 108 valence electrons. The first kappa shape index (κ1) is 14.6. The summed E-state index contributed by atoms with van der Waals surface area (Å²) in [6.45, 7) is 16.7. The summed E-state index contributed by atoms with van der Waals surface area (Å²) in [5, 5.41) is 0. The summed E-state index contributed by atoms with van der Waals surface area (Å²) in [7, 11) is 0. The molecule has 3 nitrogen and oxygen atoms in total. The summed E-state index contributed by atoms with van der Waals surface area (Å²) in [6.07, 6.45) is 0.992. The Balaban J connectivity index is 2.52. The molecule has 19 heavy (non-hydrogen) atoms. The van der Waals surface area contributed by atoms with Gasteiger partial charge in [0, 0.05) is 30.1 Å². The highest BCUT2D eigenvalue weighted by molar-refractivity contribution is 5.90. The van der Waals surface area contributed by atoms with E-state index >= 15 is 0 Å². The summed E-state index contributed by atoms with van der Waals surface area (Å²) in [5.74, 6) is 1.20. The number of aliphatic imine (C=N–C) groups is 1. The van der Waals surface area contributed by atoms with Gasteiger partial charge < -0.3 is 10.6 Å². The Labute approximate surface area is 118 Å². The molecule has 0 aromatic heterocycles. The van der Waals surface area contributed by atoms with Crippen LogP contribution in [0.4, 0.5) is 0 Å². The zero-order valence-corrected chi connectivity index (χ0v) is 13.5. The monoisotopic (exact) mass is 263 g/mol. The minimum atomic E-state index is 0.0764. The Morgan fingerprint density at radius 3 is 2.16 bits per heavy atom. The lowest BCUT2D eigenvalue weighted by Crippen LogP contribution is -2.44. The lowest BCUT2D eigenvalue weighted by atomic mass is 9.79. The summed E-state index contributed by atoms with van der Waals surface area (Å²) >= 11 is 0. The molecule has 3 heteroatoms. The highest BCUT2D eigenvalue weighted by Crippen LogP contribution is 2.42. The fraction of sp³-hybridized carbons (Fsp3) is 0.812. The van der Waals surface area contributed by atoms with Crippen LogP contribution in [0.3, 0.4) is 0 Å². The van der Waals surface area contributed by atoms with Crippen molar-refractivity contribution < 1.29 is 0 Å². The second-order valence-electron chi connectivity index (χ2n) is 8.06. The number of nitrogens with two attached hydrogens (primary N) is 1. The van der Waals surface area contributed by atoms with Crippen molar-refractivity contribution in [2.75, 3.05) is 6.54 Å². The van der Waals surface area contributed by atoms with Crippen LogP contribution < -0.4 is 5.73 Å². The Morgan fingerprint density at radius 1 is 1.11 bits per heavy atom. The smallest absolute Gasteiger partial charge is 0.109 e. The molecule has 2 heterocycles. The quantitative estimate of drug-likeness (QED) is 0.729. The third-order valence-electron chi connectivity index (χ3n) is 3.98. The number of hydrogen-bond donors (Lipinski definition) is 1. The van der Waals surface area contributed by atoms with Crippen molar-refractivity contribution in [2.45, 2.75) is 67.0 Å². The van der Waals surface area contributed by atoms with Crippen molar-refractivity contribution in [3.05, 3.63) is 11.3 Å². The predicted molar refractivity (Wildman–Crippen MR) is 82.1 cm³/mol. The molecule has 0 aromatic rings. The van der Waals surface area contributed by atoms with Crippen LogP contribution >= 0.6 is 0 Å². The van der Waals surface area contributed by atoms with E-state index < -0.39 is 0 Å². The molecular formula is C16H29N3. The number of hydrogen-bond acceptors (Lipinski definition) is 3. The van der Waals surface area contributed by atoms with Gasteiger partial charge in [0.1, 0.15) is 5.84 Å². The molecule has 2 atom stereocenters. The van der Waals surface area contributed by atoms with Gasteiger partial charge in [0.15, 0.2) is 0 Å². The minimum absolute atomic E-state index is 0.0764. The van der Waals surface area contributed by atoms with Gasteiger partial charge in [-0.05, 0) is 17.9 Å². The normalized spacial score (nSPS) is 28.6. The van der Waals surface area contributed by atoms with Crippen LogP contribution in [0.15, 0.2) is 16.3 Å². The van der Waals surface area contributed by atoms with Crippen molar-refractivity contribution in [1.82, 2.24) is 4.90 Å². The first-order valence-corrected chi connectivity index (χ1v) is 7.36. The Bertz CT molecular complexity index is 432. The largest absolute Gasteiger partial charge is 0.332 e. The van der Waals surface area contributed by atoms with E-state index in [1.807, 2.05) is 0 Å². The van der Waals surface area contributed by atoms with Crippen LogP contribution in [0, 0.1) is 10.8 Å². The van der Waals surface area contributed by atoms with E-state index in [0.29, 0.717) is 0 Å². The predicted octanol–water partition coefficient (Wildman–Crippen LogP) is 3.17. The van der Waals surface area contributed by atoms with Gasteiger partial charge in [-0.3, -0.25) is 4.99 Å². The summed E-state index contributed by atoms with van der Waals surface area (Å²) in [4.78, 5) is 7.40. The molecule has 0 radical (unpaired) electrons. The lowest BCUT2D eigenvalue weighted by molar-refractivity contribution is 0.395. The van der Waals surface area contributed by atoms with Gasteiger partial charge in [-0.15, -0.1) is 0 Å². The van der Waals surface area contributed by atoms with Crippen LogP contribution in [-0.2, 0) is 0 Å². The van der Waals surface area contributed by atoms with Gasteiger partial charge in [0.05, 0.1) is 6.04 Å².